The van der Waals surface area contributed by atoms with Crippen molar-refractivity contribution in [3.05, 3.63) is 69.9 Å². The molecule has 1 aromatic heterocycles. The van der Waals surface area contributed by atoms with E-state index in [2.05, 4.69) is 15.7 Å². The molecule has 1 atom stereocenters. The number of aromatic nitrogens is 2. The number of rotatable bonds is 1. The molecule has 0 radical (unpaired) electrons. The summed E-state index contributed by atoms with van der Waals surface area (Å²) < 4.78 is 1.69. The predicted octanol–water partition coefficient (Wildman–Crippen LogP) is 3.72. The number of carbonyl (C=O) groups excluding carboxylic acids is 2. The SMILES string of the molecule is Cc1cccc(-n2ncc3c2NC(=O)C[C@]32C(=O)Nc3cccc(Cl)c32)c1C. The van der Waals surface area contributed by atoms with Gasteiger partial charge in [0.2, 0.25) is 11.8 Å². The van der Waals surface area contributed by atoms with Crippen LogP contribution >= 0.6 is 11.6 Å². The Morgan fingerprint density at radius 3 is 2.71 bits per heavy atom. The van der Waals surface area contributed by atoms with E-state index in [0.717, 1.165) is 16.8 Å². The van der Waals surface area contributed by atoms with Crippen molar-refractivity contribution in [3.8, 4) is 5.69 Å². The molecule has 140 valence electrons. The van der Waals surface area contributed by atoms with Crippen LogP contribution < -0.4 is 10.6 Å². The van der Waals surface area contributed by atoms with E-state index in [0.29, 0.717) is 27.7 Å². The van der Waals surface area contributed by atoms with Crippen molar-refractivity contribution in [2.75, 3.05) is 10.6 Å². The standard InChI is InChI=1S/C21H17ClN4O2/c1-11-5-3-8-16(12(11)2)26-19-13(10-23-26)21(9-17(27)25-19)18-14(22)6-4-7-15(18)24-20(21)28/h3-8,10H,9H2,1-2H3,(H,24,28)(H,25,27)/t21-/m0/s1. The van der Waals surface area contributed by atoms with Crippen LogP contribution in [0.3, 0.4) is 0 Å². The van der Waals surface area contributed by atoms with E-state index in [4.69, 9.17) is 11.6 Å². The van der Waals surface area contributed by atoms with Crippen molar-refractivity contribution in [2.24, 2.45) is 0 Å². The van der Waals surface area contributed by atoms with Gasteiger partial charge in [-0.3, -0.25) is 9.59 Å². The first kappa shape index (κ1) is 17.0. The van der Waals surface area contributed by atoms with Gasteiger partial charge in [-0.1, -0.05) is 29.8 Å². The molecule has 0 bridgehead atoms. The molecule has 7 heteroatoms. The fraction of sp³-hybridized carbons (Fsp3) is 0.190. The first-order valence-electron chi connectivity index (χ1n) is 8.99. The highest BCUT2D eigenvalue weighted by molar-refractivity contribution is 6.33. The van der Waals surface area contributed by atoms with E-state index >= 15 is 0 Å². The molecule has 1 spiro atoms. The Kier molecular flexibility index (Phi) is 3.46. The van der Waals surface area contributed by atoms with E-state index < -0.39 is 5.41 Å². The van der Waals surface area contributed by atoms with Gasteiger partial charge in [-0.05, 0) is 43.2 Å². The monoisotopic (exact) mass is 392 g/mol. The van der Waals surface area contributed by atoms with Crippen molar-refractivity contribution >= 4 is 34.9 Å². The minimum absolute atomic E-state index is 0.0128. The quantitative estimate of drug-likeness (QED) is 0.662. The molecule has 2 N–H and O–H groups in total. The maximum absolute atomic E-state index is 13.1. The largest absolute Gasteiger partial charge is 0.325 e. The second-order valence-electron chi connectivity index (χ2n) is 7.28. The van der Waals surface area contributed by atoms with Gasteiger partial charge in [-0.2, -0.15) is 5.10 Å². The first-order chi connectivity index (χ1) is 13.4. The summed E-state index contributed by atoms with van der Waals surface area (Å²) in [7, 11) is 0. The van der Waals surface area contributed by atoms with E-state index in [-0.39, 0.29) is 18.2 Å². The Labute approximate surface area is 166 Å². The summed E-state index contributed by atoms with van der Waals surface area (Å²) in [5.41, 5.74) is 3.77. The molecule has 6 nitrogen and oxygen atoms in total. The Bertz CT molecular complexity index is 1180. The average molecular weight is 393 g/mol. The van der Waals surface area contributed by atoms with Crippen LogP contribution in [0.25, 0.3) is 5.69 Å². The third kappa shape index (κ3) is 2.06. The molecule has 5 rings (SSSR count). The lowest BCUT2D eigenvalue weighted by atomic mass is 9.72. The summed E-state index contributed by atoms with van der Waals surface area (Å²) in [5.74, 6) is 0.00237. The topological polar surface area (TPSA) is 76.0 Å². The van der Waals surface area contributed by atoms with Gasteiger partial charge < -0.3 is 10.6 Å². The lowest BCUT2D eigenvalue weighted by Crippen LogP contribution is -2.43. The van der Waals surface area contributed by atoms with Gasteiger partial charge >= 0.3 is 0 Å². The van der Waals surface area contributed by atoms with Crippen LogP contribution in [0, 0.1) is 13.8 Å². The highest BCUT2D eigenvalue weighted by Crippen LogP contribution is 2.52. The zero-order valence-corrected chi connectivity index (χ0v) is 16.1. The van der Waals surface area contributed by atoms with Crippen LogP contribution in [0.1, 0.15) is 28.7 Å². The van der Waals surface area contributed by atoms with Crippen molar-refractivity contribution in [3.63, 3.8) is 0 Å². The van der Waals surface area contributed by atoms with Gasteiger partial charge in [-0.25, -0.2) is 4.68 Å². The third-order valence-corrected chi connectivity index (χ3v) is 6.11. The molecule has 2 amide bonds. The molecule has 28 heavy (non-hydrogen) atoms. The molecule has 2 aromatic carbocycles. The number of carbonyl (C=O) groups is 2. The summed E-state index contributed by atoms with van der Waals surface area (Å²) in [5, 5.41) is 10.8. The lowest BCUT2D eigenvalue weighted by Gasteiger charge is -2.32. The lowest BCUT2D eigenvalue weighted by molar-refractivity contribution is -0.125. The molecule has 2 aliphatic heterocycles. The minimum atomic E-state index is -1.18. The molecule has 0 aliphatic carbocycles. The van der Waals surface area contributed by atoms with E-state index in [1.165, 1.54) is 0 Å². The average Bonchev–Trinajstić information content (AvgIpc) is 3.18. The fourth-order valence-electron chi connectivity index (χ4n) is 4.27. The third-order valence-electron chi connectivity index (χ3n) is 5.79. The number of nitrogens with one attached hydrogen (secondary N) is 2. The van der Waals surface area contributed by atoms with Crippen LogP contribution in [-0.2, 0) is 15.0 Å². The Morgan fingerprint density at radius 2 is 1.89 bits per heavy atom. The van der Waals surface area contributed by atoms with Gasteiger partial charge in [0.05, 0.1) is 11.9 Å². The zero-order chi connectivity index (χ0) is 19.6. The summed E-state index contributed by atoms with van der Waals surface area (Å²) in [6.07, 6.45) is 1.65. The summed E-state index contributed by atoms with van der Waals surface area (Å²) >= 11 is 6.49. The van der Waals surface area contributed by atoms with Crippen molar-refractivity contribution < 1.29 is 9.59 Å². The van der Waals surface area contributed by atoms with Crippen molar-refractivity contribution in [1.29, 1.82) is 0 Å². The van der Waals surface area contributed by atoms with E-state index in [9.17, 15) is 9.59 Å². The highest BCUT2D eigenvalue weighted by Gasteiger charge is 2.55. The molecule has 0 saturated carbocycles. The maximum atomic E-state index is 13.1. The van der Waals surface area contributed by atoms with Crippen LogP contribution in [0.4, 0.5) is 11.5 Å². The number of fused-ring (bicyclic) bond motifs is 4. The van der Waals surface area contributed by atoms with Crippen LogP contribution in [0.15, 0.2) is 42.6 Å². The molecular formula is C21H17ClN4O2. The number of aryl methyl sites for hydroxylation is 1. The number of hydrogen-bond acceptors (Lipinski definition) is 3. The number of halogens is 1. The molecule has 0 fully saturated rings. The second-order valence-corrected chi connectivity index (χ2v) is 7.69. The van der Waals surface area contributed by atoms with Gasteiger partial charge in [-0.15, -0.1) is 0 Å². The van der Waals surface area contributed by atoms with Gasteiger partial charge in [0.25, 0.3) is 0 Å². The predicted molar refractivity (Wildman–Crippen MR) is 107 cm³/mol. The Balaban J connectivity index is 1.80. The van der Waals surface area contributed by atoms with Crippen molar-refractivity contribution in [1.82, 2.24) is 9.78 Å². The molecular weight excluding hydrogens is 376 g/mol. The minimum Gasteiger partial charge on any atom is -0.325 e. The molecule has 3 heterocycles. The molecule has 3 aromatic rings. The summed E-state index contributed by atoms with van der Waals surface area (Å²) in [4.78, 5) is 25.9. The van der Waals surface area contributed by atoms with E-state index in [1.807, 2.05) is 32.0 Å². The Hall–Kier alpha value is -3.12. The number of benzene rings is 2. The molecule has 0 unspecified atom stereocenters. The van der Waals surface area contributed by atoms with E-state index in [1.54, 1.807) is 29.1 Å². The second kappa shape index (κ2) is 5.69. The van der Waals surface area contributed by atoms with Gasteiger partial charge in [0.15, 0.2) is 0 Å². The van der Waals surface area contributed by atoms with Crippen LogP contribution in [0.5, 0.6) is 0 Å². The number of nitrogens with zero attached hydrogens (tertiary/aromatic N) is 2. The van der Waals surface area contributed by atoms with Gasteiger partial charge in [0.1, 0.15) is 11.2 Å². The maximum Gasteiger partial charge on any atom is 0.240 e. The highest BCUT2D eigenvalue weighted by atomic mass is 35.5. The zero-order valence-electron chi connectivity index (χ0n) is 15.3. The first-order valence-corrected chi connectivity index (χ1v) is 9.36. The van der Waals surface area contributed by atoms with Gasteiger partial charge in [0, 0.05) is 28.3 Å². The normalized spacial score (nSPS) is 20.0. The number of amides is 2. The molecule has 0 saturated heterocycles. The number of anilines is 2. The smallest absolute Gasteiger partial charge is 0.240 e. The fourth-order valence-corrected chi connectivity index (χ4v) is 4.61. The Morgan fingerprint density at radius 1 is 1.11 bits per heavy atom. The summed E-state index contributed by atoms with van der Waals surface area (Å²) in [6, 6.07) is 11.2. The molecule has 2 aliphatic rings. The van der Waals surface area contributed by atoms with Crippen LogP contribution in [0.2, 0.25) is 5.02 Å². The van der Waals surface area contributed by atoms with Crippen molar-refractivity contribution in [2.45, 2.75) is 25.7 Å². The number of hydrogen-bond donors (Lipinski definition) is 2. The van der Waals surface area contributed by atoms with Crippen LogP contribution in [-0.4, -0.2) is 21.6 Å². The summed E-state index contributed by atoms with van der Waals surface area (Å²) in [6.45, 7) is 4.03.